The smallest absolute Gasteiger partial charge is 0.200 e. The summed E-state index contributed by atoms with van der Waals surface area (Å²) in [6.07, 6.45) is 1.47. The molecule has 0 saturated heterocycles. The van der Waals surface area contributed by atoms with E-state index in [1.54, 1.807) is 34.9 Å². The van der Waals surface area contributed by atoms with Crippen LogP contribution in [-0.2, 0) is 6.54 Å². The number of carbonyl (C=O) groups is 1. The van der Waals surface area contributed by atoms with Crippen molar-refractivity contribution in [3.63, 3.8) is 0 Å². The van der Waals surface area contributed by atoms with E-state index in [0.29, 0.717) is 22.2 Å². The molecular weight excluding hydrogens is 388 g/mol. The third-order valence-corrected chi connectivity index (χ3v) is 4.88. The van der Waals surface area contributed by atoms with Gasteiger partial charge >= 0.3 is 0 Å². The zero-order valence-corrected chi connectivity index (χ0v) is 16.1. The lowest BCUT2D eigenvalue weighted by Gasteiger charge is -2.14. The molecule has 6 heteroatoms. The van der Waals surface area contributed by atoms with E-state index in [9.17, 15) is 18.4 Å². The molecule has 0 aliphatic rings. The molecule has 4 nitrogen and oxygen atoms in total. The Kier molecular flexibility index (Phi) is 5.14. The number of methoxy groups -OCH3 is 1. The molecule has 30 heavy (non-hydrogen) atoms. The van der Waals surface area contributed by atoms with Gasteiger partial charge in [-0.05, 0) is 60.2 Å². The summed E-state index contributed by atoms with van der Waals surface area (Å²) >= 11 is 0. The van der Waals surface area contributed by atoms with Gasteiger partial charge in [0.25, 0.3) is 0 Å². The highest BCUT2D eigenvalue weighted by Gasteiger charge is 2.18. The number of hydrogen-bond acceptors (Lipinski definition) is 3. The molecule has 0 radical (unpaired) electrons. The van der Waals surface area contributed by atoms with Crippen LogP contribution in [0.1, 0.15) is 21.5 Å². The SMILES string of the molecule is COc1ccc2c(c1)c(=O)c(C(=O)c1ccc(F)cc1)cn2Cc1cccc(F)c1. The maximum Gasteiger partial charge on any atom is 0.200 e. The number of pyridine rings is 1. The molecule has 0 fully saturated rings. The lowest BCUT2D eigenvalue weighted by molar-refractivity contribution is 0.103. The van der Waals surface area contributed by atoms with E-state index in [-0.39, 0.29) is 23.5 Å². The fraction of sp³-hybridized carbons (Fsp3) is 0.0833. The number of halogens is 2. The van der Waals surface area contributed by atoms with E-state index >= 15 is 0 Å². The Balaban J connectivity index is 1.91. The summed E-state index contributed by atoms with van der Waals surface area (Å²) in [6.45, 7) is 0.255. The fourth-order valence-corrected chi connectivity index (χ4v) is 3.38. The van der Waals surface area contributed by atoms with Crippen molar-refractivity contribution in [1.29, 1.82) is 0 Å². The first kappa shape index (κ1) is 19.5. The normalized spacial score (nSPS) is 10.9. The summed E-state index contributed by atoms with van der Waals surface area (Å²) in [6, 6.07) is 16.1. The molecule has 0 aliphatic heterocycles. The highest BCUT2D eigenvalue weighted by molar-refractivity contribution is 6.10. The second-order valence-corrected chi connectivity index (χ2v) is 6.85. The van der Waals surface area contributed by atoms with Crippen molar-refractivity contribution in [3.8, 4) is 5.75 Å². The summed E-state index contributed by atoms with van der Waals surface area (Å²) < 4.78 is 33.8. The molecule has 150 valence electrons. The Bertz CT molecular complexity index is 1310. The molecule has 0 saturated carbocycles. The van der Waals surface area contributed by atoms with Crippen molar-refractivity contribution in [2.75, 3.05) is 7.11 Å². The van der Waals surface area contributed by atoms with E-state index in [1.165, 1.54) is 49.7 Å². The van der Waals surface area contributed by atoms with Crippen LogP contribution >= 0.6 is 0 Å². The quantitative estimate of drug-likeness (QED) is 0.457. The predicted octanol–water partition coefficient (Wildman–Crippen LogP) is 4.57. The van der Waals surface area contributed by atoms with E-state index in [2.05, 4.69) is 0 Å². The molecule has 0 bridgehead atoms. The van der Waals surface area contributed by atoms with Crippen LogP contribution in [0.25, 0.3) is 10.9 Å². The van der Waals surface area contributed by atoms with Crippen LogP contribution in [0.2, 0.25) is 0 Å². The highest BCUT2D eigenvalue weighted by Crippen LogP contribution is 2.21. The number of fused-ring (bicyclic) bond motifs is 1. The molecule has 4 rings (SSSR count). The largest absolute Gasteiger partial charge is 0.497 e. The molecule has 1 aromatic heterocycles. The van der Waals surface area contributed by atoms with Gasteiger partial charge in [-0.15, -0.1) is 0 Å². The summed E-state index contributed by atoms with van der Waals surface area (Å²) in [7, 11) is 1.49. The topological polar surface area (TPSA) is 48.3 Å². The monoisotopic (exact) mass is 405 g/mol. The number of rotatable bonds is 5. The second kappa shape index (κ2) is 7.91. The minimum absolute atomic E-state index is 0.0567. The van der Waals surface area contributed by atoms with Crippen LogP contribution in [0.5, 0.6) is 5.75 Å². The van der Waals surface area contributed by atoms with Crippen molar-refractivity contribution in [1.82, 2.24) is 4.57 Å². The number of benzene rings is 3. The van der Waals surface area contributed by atoms with Crippen molar-refractivity contribution in [3.05, 3.63) is 111 Å². The highest BCUT2D eigenvalue weighted by atomic mass is 19.1. The summed E-state index contributed by atoms with van der Waals surface area (Å²) in [5.41, 5.74) is 0.956. The molecule has 1 heterocycles. The van der Waals surface area contributed by atoms with Crippen molar-refractivity contribution in [2.45, 2.75) is 6.54 Å². The summed E-state index contributed by atoms with van der Waals surface area (Å²) in [4.78, 5) is 26.1. The average molecular weight is 405 g/mol. The lowest BCUT2D eigenvalue weighted by atomic mass is 10.0. The van der Waals surface area contributed by atoms with Crippen LogP contribution in [0, 0.1) is 11.6 Å². The molecule has 0 N–H and O–H groups in total. The van der Waals surface area contributed by atoms with Gasteiger partial charge in [0.05, 0.1) is 23.6 Å². The van der Waals surface area contributed by atoms with Crippen LogP contribution in [0.15, 0.2) is 77.7 Å². The number of ketones is 1. The van der Waals surface area contributed by atoms with Crippen LogP contribution in [0.3, 0.4) is 0 Å². The van der Waals surface area contributed by atoms with Gasteiger partial charge in [-0.25, -0.2) is 8.78 Å². The van der Waals surface area contributed by atoms with Gasteiger partial charge in [0.15, 0.2) is 5.78 Å². The Labute approximate surface area is 171 Å². The zero-order chi connectivity index (χ0) is 21.3. The number of aromatic nitrogens is 1. The van der Waals surface area contributed by atoms with Gasteiger partial charge < -0.3 is 9.30 Å². The van der Waals surface area contributed by atoms with E-state index in [1.807, 2.05) is 0 Å². The van der Waals surface area contributed by atoms with Crippen molar-refractivity contribution in [2.24, 2.45) is 0 Å². The molecule has 0 aliphatic carbocycles. The molecule has 0 unspecified atom stereocenters. The van der Waals surface area contributed by atoms with E-state index in [4.69, 9.17) is 4.74 Å². The maximum absolute atomic E-state index is 13.6. The Morgan fingerprint density at radius 1 is 0.967 bits per heavy atom. The first-order valence-corrected chi connectivity index (χ1v) is 9.22. The zero-order valence-electron chi connectivity index (χ0n) is 16.1. The Morgan fingerprint density at radius 2 is 1.73 bits per heavy atom. The molecule has 0 spiro atoms. The van der Waals surface area contributed by atoms with Crippen LogP contribution < -0.4 is 10.2 Å². The van der Waals surface area contributed by atoms with Gasteiger partial charge in [0, 0.05) is 18.3 Å². The van der Waals surface area contributed by atoms with E-state index in [0.717, 1.165) is 0 Å². The molecule has 0 atom stereocenters. The Morgan fingerprint density at radius 3 is 2.43 bits per heavy atom. The first-order valence-electron chi connectivity index (χ1n) is 9.22. The van der Waals surface area contributed by atoms with Gasteiger partial charge in [0.1, 0.15) is 17.4 Å². The van der Waals surface area contributed by atoms with E-state index < -0.39 is 17.0 Å². The third kappa shape index (κ3) is 3.72. The Hall–Kier alpha value is -3.80. The van der Waals surface area contributed by atoms with Gasteiger partial charge in [0.2, 0.25) is 5.43 Å². The number of hydrogen-bond donors (Lipinski definition) is 0. The molecule has 4 aromatic rings. The number of carbonyl (C=O) groups excluding carboxylic acids is 1. The van der Waals surface area contributed by atoms with Crippen molar-refractivity contribution >= 4 is 16.7 Å². The maximum atomic E-state index is 13.6. The lowest BCUT2D eigenvalue weighted by Crippen LogP contribution is -2.20. The summed E-state index contributed by atoms with van der Waals surface area (Å²) in [5, 5.41) is 0.304. The second-order valence-electron chi connectivity index (χ2n) is 6.85. The minimum Gasteiger partial charge on any atom is -0.497 e. The van der Waals surface area contributed by atoms with Gasteiger partial charge in [-0.2, -0.15) is 0 Å². The summed E-state index contributed by atoms with van der Waals surface area (Å²) in [5.74, 6) is -0.888. The molecular formula is C24H17F2NO3. The van der Waals surface area contributed by atoms with Gasteiger partial charge in [-0.3, -0.25) is 9.59 Å². The average Bonchev–Trinajstić information content (AvgIpc) is 2.75. The number of ether oxygens (including phenoxy) is 1. The van der Waals surface area contributed by atoms with Crippen molar-refractivity contribution < 1.29 is 18.3 Å². The fourth-order valence-electron chi connectivity index (χ4n) is 3.38. The van der Waals surface area contributed by atoms with Gasteiger partial charge in [-0.1, -0.05) is 12.1 Å². The van der Waals surface area contributed by atoms with Crippen LogP contribution in [-0.4, -0.2) is 17.5 Å². The number of nitrogens with zero attached hydrogens (tertiary/aromatic N) is 1. The molecule has 0 amide bonds. The van der Waals surface area contributed by atoms with Crippen LogP contribution in [0.4, 0.5) is 8.78 Å². The standard InChI is InChI=1S/C24H17F2NO3/c1-30-19-9-10-22-20(12-19)24(29)21(23(28)16-5-7-17(25)8-6-16)14-27(22)13-15-3-2-4-18(26)11-15/h2-12,14H,13H2,1H3. The first-order chi connectivity index (χ1) is 14.5. The molecule has 3 aromatic carbocycles. The predicted molar refractivity (Wildman–Crippen MR) is 110 cm³/mol. The third-order valence-electron chi connectivity index (χ3n) is 4.88. The minimum atomic E-state index is -0.516.